The average molecular weight is 343 g/mol. The Labute approximate surface area is 144 Å². The van der Waals surface area contributed by atoms with Crippen molar-refractivity contribution in [2.45, 2.75) is 6.92 Å². The number of carbonyl (C=O) groups is 2. The Morgan fingerprint density at radius 1 is 1.16 bits per heavy atom. The summed E-state index contributed by atoms with van der Waals surface area (Å²) in [7, 11) is 0. The van der Waals surface area contributed by atoms with Crippen molar-refractivity contribution in [1.29, 1.82) is 0 Å². The number of amides is 2. The summed E-state index contributed by atoms with van der Waals surface area (Å²) in [6.07, 6.45) is 2.80. The van der Waals surface area contributed by atoms with Crippen molar-refractivity contribution in [2.75, 3.05) is 13.1 Å². The molecule has 0 fully saturated rings. The molecule has 7 heteroatoms. The molecule has 0 saturated heterocycles. The lowest BCUT2D eigenvalue weighted by Crippen LogP contribution is -2.34. The Kier molecular flexibility index (Phi) is 6.22. The largest absolute Gasteiger partial charge is 0.505 e. The van der Waals surface area contributed by atoms with E-state index in [1.165, 1.54) is 36.5 Å². The van der Waals surface area contributed by atoms with Crippen LogP contribution in [0.2, 0.25) is 0 Å². The van der Waals surface area contributed by atoms with Crippen LogP contribution in [0.25, 0.3) is 5.57 Å². The standard InChI is InChI=1S/C18H18FN3O3/c1-12(13-4-6-14(19)7-5-13)11-16(24)20-9-10-22-18(25)17-15(23)3-2-8-21-17/h2-8,11,23H,9-10H2,1H3,(H,20,24)(H,22,25)/b12-11+. The van der Waals surface area contributed by atoms with Gasteiger partial charge in [0, 0.05) is 25.4 Å². The molecule has 1 aromatic heterocycles. The molecule has 2 aromatic rings. The monoisotopic (exact) mass is 343 g/mol. The highest BCUT2D eigenvalue weighted by molar-refractivity contribution is 5.95. The van der Waals surface area contributed by atoms with Gasteiger partial charge in [-0.15, -0.1) is 0 Å². The van der Waals surface area contributed by atoms with E-state index in [-0.39, 0.29) is 36.3 Å². The van der Waals surface area contributed by atoms with Gasteiger partial charge in [-0.25, -0.2) is 9.37 Å². The molecule has 0 bridgehead atoms. The van der Waals surface area contributed by atoms with E-state index < -0.39 is 5.91 Å². The van der Waals surface area contributed by atoms with Crippen LogP contribution in [0.1, 0.15) is 23.0 Å². The van der Waals surface area contributed by atoms with Gasteiger partial charge in [0.25, 0.3) is 5.91 Å². The quantitative estimate of drug-likeness (QED) is 0.552. The van der Waals surface area contributed by atoms with Gasteiger partial charge in [0.05, 0.1) is 0 Å². The third-order valence-electron chi connectivity index (χ3n) is 3.36. The number of aromatic nitrogens is 1. The highest BCUT2D eigenvalue weighted by Gasteiger charge is 2.11. The summed E-state index contributed by atoms with van der Waals surface area (Å²) < 4.78 is 12.9. The van der Waals surface area contributed by atoms with Gasteiger partial charge in [0.2, 0.25) is 5.91 Å². The first-order valence-corrected chi connectivity index (χ1v) is 7.61. The molecule has 2 rings (SSSR count). The Bertz CT molecular complexity index is 788. The second-order valence-corrected chi connectivity index (χ2v) is 5.25. The predicted octanol–water partition coefficient (Wildman–Crippen LogP) is 1.88. The van der Waals surface area contributed by atoms with Crippen molar-refractivity contribution >= 4 is 17.4 Å². The van der Waals surface area contributed by atoms with Crippen molar-refractivity contribution in [3.63, 3.8) is 0 Å². The van der Waals surface area contributed by atoms with E-state index in [9.17, 15) is 19.1 Å². The number of carbonyl (C=O) groups excluding carboxylic acids is 2. The number of aromatic hydroxyl groups is 1. The number of pyridine rings is 1. The van der Waals surface area contributed by atoms with E-state index in [1.54, 1.807) is 19.1 Å². The summed E-state index contributed by atoms with van der Waals surface area (Å²) in [4.78, 5) is 27.4. The smallest absolute Gasteiger partial charge is 0.273 e. The second-order valence-electron chi connectivity index (χ2n) is 5.25. The van der Waals surface area contributed by atoms with Gasteiger partial charge < -0.3 is 15.7 Å². The van der Waals surface area contributed by atoms with Crippen LogP contribution >= 0.6 is 0 Å². The van der Waals surface area contributed by atoms with Crippen molar-refractivity contribution in [3.8, 4) is 5.75 Å². The highest BCUT2D eigenvalue weighted by Crippen LogP contribution is 2.14. The lowest BCUT2D eigenvalue weighted by atomic mass is 10.1. The third kappa shape index (κ3) is 5.42. The van der Waals surface area contributed by atoms with Crippen LogP contribution in [-0.2, 0) is 4.79 Å². The Hall–Kier alpha value is -3.22. The first kappa shape index (κ1) is 18.1. The molecular weight excluding hydrogens is 325 g/mol. The predicted molar refractivity (Wildman–Crippen MR) is 91.3 cm³/mol. The van der Waals surface area contributed by atoms with Gasteiger partial charge in [-0.3, -0.25) is 9.59 Å². The fourth-order valence-corrected chi connectivity index (χ4v) is 2.06. The van der Waals surface area contributed by atoms with Crippen molar-refractivity contribution in [3.05, 3.63) is 65.7 Å². The molecule has 6 nitrogen and oxygen atoms in total. The minimum Gasteiger partial charge on any atom is -0.505 e. The first-order chi connectivity index (χ1) is 12.0. The molecule has 1 aromatic carbocycles. The summed E-state index contributed by atoms with van der Waals surface area (Å²) in [5.74, 6) is -1.39. The molecule has 1 heterocycles. The summed E-state index contributed by atoms with van der Waals surface area (Å²) in [5.41, 5.74) is 1.37. The van der Waals surface area contributed by atoms with Gasteiger partial charge >= 0.3 is 0 Å². The lowest BCUT2D eigenvalue weighted by molar-refractivity contribution is -0.116. The molecule has 0 saturated carbocycles. The van der Waals surface area contributed by atoms with E-state index in [2.05, 4.69) is 15.6 Å². The maximum absolute atomic E-state index is 12.9. The summed E-state index contributed by atoms with van der Waals surface area (Å²) in [6, 6.07) is 8.72. The van der Waals surface area contributed by atoms with Gasteiger partial charge in [-0.05, 0) is 42.3 Å². The van der Waals surface area contributed by atoms with E-state index in [0.717, 1.165) is 5.56 Å². The maximum Gasteiger partial charge on any atom is 0.273 e. The van der Waals surface area contributed by atoms with Crippen LogP contribution < -0.4 is 10.6 Å². The van der Waals surface area contributed by atoms with E-state index in [0.29, 0.717) is 5.57 Å². The SMILES string of the molecule is C/C(=C\C(=O)NCCNC(=O)c1ncccc1O)c1ccc(F)cc1. The van der Waals surface area contributed by atoms with Crippen LogP contribution in [0.15, 0.2) is 48.7 Å². The molecule has 2 amide bonds. The van der Waals surface area contributed by atoms with Gasteiger partial charge in [-0.1, -0.05) is 12.1 Å². The summed E-state index contributed by atoms with van der Waals surface area (Å²) >= 11 is 0. The molecular formula is C18H18FN3O3. The second kappa shape index (κ2) is 8.58. The minimum absolute atomic E-state index is 0.0686. The van der Waals surface area contributed by atoms with Crippen LogP contribution in [0.4, 0.5) is 4.39 Å². The van der Waals surface area contributed by atoms with Crippen LogP contribution in [0, 0.1) is 5.82 Å². The number of halogens is 1. The lowest BCUT2D eigenvalue weighted by Gasteiger charge is -2.07. The van der Waals surface area contributed by atoms with Crippen molar-refractivity contribution in [1.82, 2.24) is 15.6 Å². The van der Waals surface area contributed by atoms with Crippen molar-refractivity contribution in [2.24, 2.45) is 0 Å². The molecule has 0 atom stereocenters. The van der Waals surface area contributed by atoms with E-state index >= 15 is 0 Å². The fourth-order valence-electron chi connectivity index (χ4n) is 2.06. The molecule has 3 N–H and O–H groups in total. The molecule has 0 aliphatic rings. The first-order valence-electron chi connectivity index (χ1n) is 7.61. The number of hydrogen-bond acceptors (Lipinski definition) is 4. The van der Waals surface area contributed by atoms with Crippen LogP contribution in [-0.4, -0.2) is 35.0 Å². The highest BCUT2D eigenvalue weighted by atomic mass is 19.1. The number of benzene rings is 1. The fraction of sp³-hybridized carbons (Fsp3) is 0.167. The van der Waals surface area contributed by atoms with Gasteiger partial charge in [0.15, 0.2) is 5.69 Å². The maximum atomic E-state index is 12.9. The number of rotatable bonds is 6. The van der Waals surface area contributed by atoms with E-state index in [4.69, 9.17) is 0 Å². The Morgan fingerprint density at radius 3 is 2.52 bits per heavy atom. The number of hydrogen-bond donors (Lipinski definition) is 3. The molecule has 0 unspecified atom stereocenters. The molecule has 0 aliphatic heterocycles. The van der Waals surface area contributed by atoms with Crippen LogP contribution in [0.5, 0.6) is 5.75 Å². The molecule has 0 spiro atoms. The Morgan fingerprint density at radius 2 is 1.84 bits per heavy atom. The van der Waals surface area contributed by atoms with Crippen molar-refractivity contribution < 1.29 is 19.1 Å². The molecule has 25 heavy (non-hydrogen) atoms. The summed E-state index contributed by atoms with van der Waals surface area (Å²) in [6.45, 7) is 2.15. The zero-order valence-electron chi connectivity index (χ0n) is 13.6. The zero-order valence-corrected chi connectivity index (χ0v) is 13.6. The number of nitrogens with one attached hydrogen (secondary N) is 2. The number of allylic oxidation sites excluding steroid dienone is 1. The third-order valence-corrected chi connectivity index (χ3v) is 3.36. The molecule has 130 valence electrons. The van der Waals surface area contributed by atoms with Gasteiger partial charge in [0.1, 0.15) is 11.6 Å². The Balaban J connectivity index is 1.78. The van der Waals surface area contributed by atoms with E-state index in [1.807, 2.05) is 0 Å². The molecule has 0 aliphatic carbocycles. The number of nitrogens with zero attached hydrogens (tertiary/aromatic N) is 1. The minimum atomic E-state index is -0.523. The molecule has 0 radical (unpaired) electrons. The topological polar surface area (TPSA) is 91.3 Å². The van der Waals surface area contributed by atoms with Crippen LogP contribution in [0.3, 0.4) is 0 Å². The zero-order chi connectivity index (χ0) is 18.2. The summed E-state index contributed by atoms with van der Waals surface area (Å²) in [5, 5.41) is 14.7. The normalized spacial score (nSPS) is 11.0. The van der Waals surface area contributed by atoms with Gasteiger partial charge in [-0.2, -0.15) is 0 Å². The average Bonchev–Trinajstić information content (AvgIpc) is 2.59.